The van der Waals surface area contributed by atoms with Crippen LogP contribution in [0, 0.1) is 12.8 Å². The number of aryl methyl sites for hydroxylation is 1. The quantitative estimate of drug-likeness (QED) is 0.876. The van der Waals surface area contributed by atoms with Crippen LogP contribution in [0.2, 0.25) is 0 Å². The van der Waals surface area contributed by atoms with Crippen molar-refractivity contribution in [2.24, 2.45) is 5.92 Å². The van der Waals surface area contributed by atoms with Crippen LogP contribution < -0.4 is 0 Å². The molecular weight excluding hydrogens is 284 g/mol. The smallest absolute Gasteiger partial charge is 0.245 e. The van der Waals surface area contributed by atoms with Gasteiger partial charge in [-0.2, -0.15) is 4.31 Å². The molecule has 0 amide bonds. The fourth-order valence-corrected chi connectivity index (χ4v) is 4.89. The Hall–Kier alpha value is -1.46. The number of hydrogen-bond donors (Lipinski definition) is 0. The van der Waals surface area contributed by atoms with E-state index in [1.54, 1.807) is 22.6 Å². The van der Waals surface area contributed by atoms with Crippen molar-refractivity contribution in [2.75, 3.05) is 6.54 Å². The van der Waals surface area contributed by atoms with Crippen LogP contribution in [0.25, 0.3) is 10.9 Å². The Balaban J connectivity index is 2.12. The van der Waals surface area contributed by atoms with Gasteiger partial charge in [0.05, 0.1) is 5.52 Å². The van der Waals surface area contributed by atoms with Crippen molar-refractivity contribution in [3.05, 3.63) is 36.0 Å². The zero-order valence-corrected chi connectivity index (χ0v) is 13.4. The van der Waals surface area contributed by atoms with Gasteiger partial charge in [0, 0.05) is 24.2 Å². The van der Waals surface area contributed by atoms with Gasteiger partial charge in [-0.05, 0) is 37.0 Å². The summed E-state index contributed by atoms with van der Waals surface area (Å²) in [6.07, 6.45) is 2.66. The number of rotatable bonds is 3. The zero-order valence-electron chi connectivity index (χ0n) is 12.6. The lowest BCUT2D eigenvalue weighted by Crippen LogP contribution is -2.53. The summed E-state index contributed by atoms with van der Waals surface area (Å²) in [5.41, 5.74) is 1.60. The highest BCUT2D eigenvalue weighted by molar-refractivity contribution is 7.89. The fourth-order valence-electron chi connectivity index (χ4n) is 2.93. The van der Waals surface area contributed by atoms with Gasteiger partial charge in [0.15, 0.2) is 0 Å². The van der Waals surface area contributed by atoms with E-state index in [-0.39, 0.29) is 6.04 Å². The SMILES string of the molecule is Cc1cnc2c(S(=O)(=O)N3CCC3C(C)C)cccc2c1. The standard InChI is InChI=1S/C16H20N2O2S/c1-11(2)14-7-8-18(14)21(19,20)15-6-4-5-13-9-12(3)10-17-16(13)15/h4-6,9-11,14H,7-8H2,1-3H3. The summed E-state index contributed by atoms with van der Waals surface area (Å²) in [4.78, 5) is 4.68. The maximum absolute atomic E-state index is 12.9. The second-order valence-electron chi connectivity index (χ2n) is 6.06. The van der Waals surface area contributed by atoms with Crippen molar-refractivity contribution < 1.29 is 8.42 Å². The summed E-state index contributed by atoms with van der Waals surface area (Å²) in [5, 5.41) is 0.873. The van der Waals surface area contributed by atoms with Gasteiger partial charge in [-0.1, -0.05) is 26.0 Å². The Morgan fingerprint density at radius 1 is 1.33 bits per heavy atom. The Morgan fingerprint density at radius 3 is 2.71 bits per heavy atom. The van der Waals surface area contributed by atoms with Gasteiger partial charge < -0.3 is 0 Å². The molecule has 1 unspecified atom stereocenters. The van der Waals surface area contributed by atoms with Gasteiger partial charge >= 0.3 is 0 Å². The number of fused-ring (bicyclic) bond motifs is 1. The number of nitrogens with zero attached hydrogens (tertiary/aromatic N) is 2. The number of para-hydroxylation sites is 1. The second kappa shape index (κ2) is 5.07. The average Bonchev–Trinajstić information content (AvgIpc) is 2.34. The predicted octanol–water partition coefficient (Wildman–Crippen LogP) is 2.96. The Kier molecular flexibility index (Phi) is 3.50. The van der Waals surface area contributed by atoms with Gasteiger partial charge in [0.2, 0.25) is 10.0 Å². The normalized spacial score (nSPS) is 19.9. The minimum Gasteiger partial charge on any atom is -0.255 e. The molecule has 1 aliphatic rings. The molecule has 1 aromatic heterocycles. The lowest BCUT2D eigenvalue weighted by molar-refractivity contribution is 0.150. The summed E-state index contributed by atoms with van der Waals surface area (Å²) in [6.45, 7) is 6.69. The van der Waals surface area contributed by atoms with E-state index in [4.69, 9.17) is 0 Å². The van der Waals surface area contributed by atoms with E-state index in [1.807, 2.05) is 19.1 Å². The molecule has 3 rings (SSSR count). The molecule has 0 radical (unpaired) electrons. The molecule has 1 aromatic carbocycles. The molecule has 4 nitrogen and oxygen atoms in total. The summed E-state index contributed by atoms with van der Waals surface area (Å²) < 4.78 is 27.4. The van der Waals surface area contributed by atoms with E-state index in [0.29, 0.717) is 22.9 Å². The minimum absolute atomic E-state index is 0.107. The summed E-state index contributed by atoms with van der Waals surface area (Å²) in [7, 11) is -3.47. The van der Waals surface area contributed by atoms with E-state index in [9.17, 15) is 8.42 Å². The second-order valence-corrected chi connectivity index (χ2v) is 7.92. The Labute approximate surface area is 125 Å². The lowest BCUT2D eigenvalue weighted by Gasteiger charge is -2.42. The average molecular weight is 304 g/mol. The molecule has 2 heterocycles. The number of benzene rings is 1. The van der Waals surface area contributed by atoms with Crippen molar-refractivity contribution in [3.63, 3.8) is 0 Å². The Bertz CT molecular complexity index is 784. The highest BCUT2D eigenvalue weighted by atomic mass is 32.2. The van der Waals surface area contributed by atoms with Crippen LogP contribution >= 0.6 is 0 Å². The van der Waals surface area contributed by atoms with Gasteiger partial charge in [-0.25, -0.2) is 8.42 Å². The van der Waals surface area contributed by atoms with E-state index in [2.05, 4.69) is 18.8 Å². The van der Waals surface area contributed by atoms with Crippen LogP contribution in [0.3, 0.4) is 0 Å². The molecule has 0 spiro atoms. The molecule has 0 saturated carbocycles. The van der Waals surface area contributed by atoms with Gasteiger partial charge in [-0.3, -0.25) is 4.98 Å². The third-order valence-corrected chi connectivity index (χ3v) is 6.14. The number of sulfonamides is 1. The number of aromatic nitrogens is 1. The summed E-state index contributed by atoms with van der Waals surface area (Å²) in [6, 6.07) is 7.44. The van der Waals surface area contributed by atoms with Gasteiger partial charge in [0.25, 0.3) is 0 Å². The van der Waals surface area contributed by atoms with E-state index >= 15 is 0 Å². The van der Waals surface area contributed by atoms with Crippen molar-refractivity contribution in [3.8, 4) is 0 Å². The number of pyridine rings is 1. The van der Waals surface area contributed by atoms with Crippen molar-refractivity contribution in [1.29, 1.82) is 0 Å². The van der Waals surface area contributed by atoms with Crippen LogP contribution in [-0.2, 0) is 10.0 Å². The lowest BCUT2D eigenvalue weighted by atomic mass is 9.95. The third-order valence-electron chi connectivity index (χ3n) is 4.18. The molecule has 21 heavy (non-hydrogen) atoms. The molecule has 1 atom stereocenters. The summed E-state index contributed by atoms with van der Waals surface area (Å²) >= 11 is 0. The van der Waals surface area contributed by atoms with Crippen molar-refractivity contribution in [2.45, 2.75) is 38.1 Å². The molecule has 2 aromatic rings. The van der Waals surface area contributed by atoms with Crippen LogP contribution in [0.4, 0.5) is 0 Å². The van der Waals surface area contributed by atoms with E-state index < -0.39 is 10.0 Å². The largest absolute Gasteiger partial charge is 0.255 e. The van der Waals surface area contributed by atoms with E-state index in [1.165, 1.54) is 0 Å². The maximum Gasteiger partial charge on any atom is 0.245 e. The maximum atomic E-state index is 12.9. The minimum atomic E-state index is -3.47. The van der Waals surface area contributed by atoms with Crippen LogP contribution in [0.1, 0.15) is 25.8 Å². The first-order valence-corrected chi connectivity index (χ1v) is 8.72. The first-order chi connectivity index (χ1) is 9.91. The molecule has 1 aliphatic heterocycles. The Morgan fingerprint density at radius 2 is 2.10 bits per heavy atom. The van der Waals surface area contributed by atoms with Crippen LogP contribution in [0.15, 0.2) is 35.4 Å². The van der Waals surface area contributed by atoms with Crippen LogP contribution in [-0.4, -0.2) is 30.3 Å². The predicted molar refractivity (Wildman–Crippen MR) is 83.6 cm³/mol. The van der Waals surface area contributed by atoms with Gasteiger partial charge in [-0.15, -0.1) is 0 Å². The van der Waals surface area contributed by atoms with E-state index in [0.717, 1.165) is 17.4 Å². The topological polar surface area (TPSA) is 50.3 Å². The van der Waals surface area contributed by atoms with Gasteiger partial charge in [0.1, 0.15) is 4.90 Å². The molecular formula is C16H20N2O2S. The molecule has 1 fully saturated rings. The first kappa shape index (κ1) is 14.5. The molecule has 5 heteroatoms. The van der Waals surface area contributed by atoms with Crippen molar-refractivity contribution >= 4 is 20.9 Å². The molecule has 112 valence electrons. The molecule has 1 saturated heterocycles. The monoisotopic (exact) mass is 304 g/mol. The number of hydrogen-bond acceptors (Lipinski definition) is 3. The van der Waals surface area contributed by atoms with Crippen molar-refractivity contribution in [1.82, 2.24) is 9.29 Å². The highest BCUT2D eigenvalue weighted by Gasteiger charge is 2.40. The molecule has 0 bridgehead atoms. The molecule has 0 N–H and O–H groups in total. The zero-order chi connectivity index (χ0) is 15.2. The highest BCUT2D eigenvalue weighted by Crippen LogP contribution is 2.33. The first-order valence-electron chi connectivity index (χ1n) is 7.28. The molecule has 0 aliphatic carbocycles. The van der Waals surface area contributed by atoms with Crippen LogP contribution in [0.5, 0.6) is 0 Å². The fraction of sp³-hybridized carbons (Fsp3) is 0.438. The summed E-state index contributed by atoms with van der Waals surface area (Å²) in [5.74, 6) is 0.332. The third kappa shape index (κ3) is 2.34.